The molecule has 0 spiro atoms. The first kappa shape index (κ1) is 13.5. The maximum atomic E-state index is 11.9. The minimum absolute atomic E-state index is 0.153. The van der Waals surface area contributed by atoms with Crippen LogP contribution in [0.4, 0.5) is 0 Å². The molecule has 0 aliphatic carbocycles. The summed E-state index contributed by atoms with van der Waals surface area (Å²) in [5, 5.41) is 8.60. The molecule has 1 atom stereocenters. The van der Waals surface area contributed by atoms with E-state index in [1.165, 1.54) is 20.1 Å². The van der Waals surface area contributed by atoms with Gasteiger partial charge in [0.2, 0.25) is 10.0 Å². The lowest BCUT2D eigenvalue weighted by Gasteiger charge is -2.11. The predicted octanol–water partition coefficient (Wildman–Crippen LogP) is 1.19. The maximum absolute atomic E-state index is 11.9. The normalized spacial score (nSPS) is 12.8. The van der Waals surface area contributed by atoms with Crippen molar-refractivity contribution in [1.29, 1.82) is 5.26 Å². The van der Waals surface area contributed by atoms with Crippen molar-refractivity contribution >= 4 is 10.0 Å². The Labute approximate surface area is 101 Å². The van der Waals surface area contributed by atoms with Crippen LogP contribution < -0.4 is 9.46 Å². The van der Waals surface area contributed by atoms with E-state index >= 15 is 0 Å². The second-order valence-corrected chi connectivity index (χ2v) is 5.29. The molecule has 17 heavy (non-hydrogen) atoms. The Morgan fingerprint density at radius 2 is 2.12 bits per heavy atom. The highest BCUT2D eigenvalue weighted by atomic mass is 32.2. The Morgan fingerprint density at radius 3 is 2.59 bits per heavy atom. The number of nitrogens with zero attached hydrogens (tertiary/aromatic N) is 1. The molecule has 1 rings (SSSR count). The molecule has 0 heterocycles. The molecule has 0 aliphatic heterocycles. The Hall–Kier alpha value is -1.58. The number of hydrogen-bond acceptors (Lipinski definition) is 4. The van der Waals surface area contributed by atoms with Gasteiger partial charge in [0.15, 0.2) is 0 Å². The van der Waals surface area contributed by atoms with Crippen LogP contribution in [0.3, 0.4) is 0 Å². The van der Waals surface area contributed by atoms with Crippen LogP contribution in [-0.4, -0.2) is 21.6 Å². The van der Waals surface area contributed by atoms with Crippen LogP contribution in [0.5, 0.6) is 5.75 Å². The van der Waals surface area contributed by atoms with Crippen molar-refractivity contribution in [2.45, 2.75) is 24.8 Å². The van der Waals surface area contributed by atoms with Crippen molar-refractivity contribution in [2.75, 3.05) is 7.11 Å². The van der Waals surface area contributed by atoms with E-state index in [1.807, 2.05) is 6.07 Å². The Bertz CT molecular complexity index is 546. The van der Waals surface area contributed by atoms with E-state index in [2.05, 4.69) is 4.72 Å². The lowest BCUT2D eigenvalue weighted by atomic mass is 10.2. The van der Waals surface area contributed by atoms with Crippen LogP contribution in [-0.2, 0) is 10.0 Å². The van der Waals surface area contributed by atoms with E-state index in [0.717, 1.165) is 0 Å². The van der Waals surface area contributed by atoms with Crippen molar-refractivity contribution < 1.29 is 13.2 Å². The zero-order valence-corrected chi connectivity index (χ0v) is 10.7. The zero-order chi connectivity index (χ0) is 13.1. The van der Waals surface area contributed by atoms with Crippen molar-refractivity contribution in [3.8, 4) is 11.8 Å². The molecule has 0 unspecified atom stereocenters. The van der Waals surface area contributed by atoms with Gasteiger partial charge in [0.25, 0.3) is 0 Å². The first-order valence-corrected chi connectivity index (χ1v) is 6.45. The monoisotopic (exact) mass is 254 g/mol. The van der Waals surface area contributed by atoms with Crippen LogP contribution in [0, 0.1) is 18.3 Å². The average Bonchev–Trinajstić information content (AvgIpc) is 2.27. The zero-order valence-electron chi connectivity index (χ0n) is 9.89. The minimum Gasteiger partial charge on any atom is -0.497 e. The Morgan fingerprint density at radius 1 is 1.47 bits per heavy atom. The highest BCUT2D eigenvalue weighted by Crippen LogP contribution is 2.20. The number of methoxy groups -OCH3 is 1. The fourth-order valence-corrected chi connectivity index (χ4v) is 2.75. The predicted molar refractivity (Wildman–Crippen MR) is 63.1 cm³/mol. The highest BCUT2D eigenvalue weighted by Gasteiger charge is 2.19. The Kier molecular flexibility index (Phi) is 4.10. The number of hydrogen-bond donors (Lipinski definition) is 1. The SMILES string of the molecule is COc1ccc(S(=O)(=O)N[C@H](C)C#N)c(C)c1. The van der Waals surface area contributed by atoms with E-state index in [4.69, 9.17) is 10.00 Å². The first-order chi connectivity index (χ1) is 7.90. The summed E-state index contributed by atoms with van der Waals surface area (Å²) in [5.74, 6) is 0.592. The van der Waals surface area contributed by atoms with Gasteiger partial charge < -0.3 is 4.74 Å². The second kappa shape index (κ2) is 5.17. The molecule has 0 aromatic heterocycles. The van der Waals surface area contributed by atoms with E-state index in [1.54, 1.807) is 19.1 Å². The molecule has 0 amide bonds. The number of sulfonamides is 1. The van der Waals surface area contributed by atoms with E-state index in [9.17, 15) is 8.42 Å². The third-order valence-electron chi connectivity index (χ3n) is 2.20. The van der Waals surface area contributed by atoms with Gasteiger partial charge in [-0.3, -0.25) is 0 Å². The molecule has 0 saturated carbocycles. The molecule has 0 aliphatic rings. The fraction of sp³-hybridized carbons (Fsp3) is 0.364. The Balaban J connectivity index is 3.13. The van der Waals surface area contributed by atoms with Crippen LogP contribution in [0.2, 0.25) is 0 Å². The summed E-state index contributed by atoms with van der Waals surface area (Å²) in [7, 11) is -2.14. The topological polar surface area (TPSA) is 79.2 Å². The van der Waals surface area contributed by atoms with Gasteiger partial charge in [-0.05, 0) is 37.6 Å². The summed E-state index contributed by atoms with van der Waals surface area (Å²) in [4.78, 5) is 0.153. The van der Waals surface area contributed by atoms with Gasteiger partial charge in [-0.1, -0.05) is 0 Å². The largest absolute Gasteiger partial charge is 0.497 e. The molecule has 0 saturated heterocycles. The fourth-order valence-electron chi connectivity index (χ4n) is 1.37. The second-order valence-electron chi connectivity index (χ2n) is 3.60. The van der Waals surface area contributed by atoms with Crippen molar-refractivity contribution in [1.82, 2.24) is 4.72 Å². The number of nitrogens with one attached hydrogen (secondary N) is 1. The summed E-state index contributed by atoms with van der Waals surface area (Å²) in [6, 6.07) is 5.71. The van der Waals surface area contributed by atoms with Gasteiger partial charge in [0.05, 0.1) is 18.1 Å². The summed E-state index contributed by atoms with van der Waals surface area (Å²) in [6.07, 6.45) is 0. The van der Waals surface area contributed by atoms with Crippen molar-refractivity contribution in [3.63, 3.8) is 0 Å². The molecular formula is C11H14N2O3S. The number of ether oxygens (including phenoxy) is 1. The standard InChI is InChI=1S/C11H14N2O3S/c1-8-6-10(16-3)4-5-11(8)17(14,15)13-9(2)7-12/h4-6,9,13H,1-3H3/t9-/m1/s1. The van der Waals surface area contributed by atoms with Crippen LogP contribution in [0.15, 0.2) is 23.1 Å². The van der Waals surface area contributed by atoms with Crippen molar-refractivity contribution in [3.05, 3.63) is 23.8 Å². The molecule has 1 aromatic rings. The third-order valence-corrected chi connectivity index (χ3v) is 3.90. The molecule has 5 nitrogen and oxygen atoms in total. The average molecular weight is 254 g/mol. The van der Waals surface area contributed by atoms with Gasteiger partial charge in [0, 0.05) is 0 Å². The van der Waals surface area contributed by atoms with Crippen LogP contribution >= 0.6 is 0 Å². The van der Waals surface area contributed by atoms with E-state index < -0.39 is 16.1 Å². The molecule has 0 bridgehead atoms. The highest BCUT2D eigenvalue weighted by molar-refractivity contribution is 7.89. The quantitative estimate of drug-likeness (QED) is 0.875. The van der Waals surface area contributed by atoms with Crippen LogP contribution in [0.25, 0.3) is 0 Å². The summed E-state index contributed by atoms with van der Waals surface area (Å²) < 4.78 is 31.1. The third kappa shape index (κ3) is 3.19. The lowest BCUT2D eigenvalue weighted by Crippen LogP contribution is -2.31. The first-order valence-electron chi connectivity index (χ1n) is 4.97. The van der Waals surface area contributed by atoms with Crippen molar-refractivity contribution in [2.24, 2.45) is 0 Å². The molecule has 0 radical (unpaired) electrons. The van der Waals surface area contributed by atoms with Gasteiger partial charge >= 0.3 is 0 Å². The van der Waals surface area contributed by atoms with E-state index in [-0.39, 0.29) is 4.90 Å². The van der Waals surface area contributed by atoms with E-state index in [0.29, 0.717) is 11.3 Å². The molecular weight excluding hydrogens is 240 g/mol. The van der Waals surface area contributed by atoms with Crippen LogP contribution in [0.1, 0.15) is 12.5 Å². The summed E-state index contributed by atoms with van der Waals surface area (Å²) >= 11 is 0. The van der Waals surface area contributed by atoms with Gasteiger partial charge in [0.1, 0.15) is 11.8 Å². The molecule has 1 aromatic carbocycles. The number of nitriles is 1. The smallest absolute Gasteiger partial charge is 0.241 e. The number of benzene rings is 1. The maximum Gasteiger partial charge on any atom is 0.241 e. The number of aryl methyl sites for hydroxylation is 1. The minimum atomic E-state index is -3.66. The summed E-state index contributed by atoms with van der Waals surface area (Å²) in [6.45, 7) is 3.16. The van der Waals surface area contributed by atoms with Gasteiger partial charge in [-0.25, -0.2) is 8.42 Å². The number of rotatable bonds is 4. The molecule has 6 heteroatoms. The lowest BCUT2D eigenvalue weighted by molar-refractivity contribution is 0.414. The molecule has 0 fully saturated rings. The molecule has 92 valence electrons. The molecule has 1 N–H and O–H groups in total. The van der Waals surface area contributed by atoms with Gasteiger partial charge in [-0.2, -0.15) is 9.98 Å². The van der Waals surface area contributed by atoms with Gasteiger partial charge in [-0.15, -0.1) is 0 Å². The summed E-state index contributed by atoms with van der Waals surface area (Å²) in [5.41, 5.74) is 0.571.